The lowest BCUT2D eigenvalue weighted by Crippen LogP contribution is -2.40. The molecule has 0 fully saturated rings. The Labute approximate surface area is 167 Å². The van der Waals surface area contributed by atoms with Crippen LogP contribution in [-0.4, -0.2) is 40.6 Å². The number of fused-ring (bicyclic) bond motifs is 1. The van der Waals surface area contributed by atoms with E-state index in [2.05, 4.69) is 20.8 Å². The molecule has 2 amide bonds. The summed E-state index contributed by atoms with van der Waals surface area (Å²) in [4.78, 5) is 36.7. The van der Waals surface area contributed by atoms with E-state index in [9.17, 15) is 14.4 Å². The van der Waals surface area contributed by atoms with E-state index in [1.165, 1.54) is 6.92 Å². The molecular formula is C21H22N4O4. The van der Waals surface area contributed by atoms with Crippen molar-refractivity contribution in [2.45, 2.75) is 26.9 Å². The Balaban J connectivity index is 1.54. The minimum absolute atomic E-state index is 0.105. The van der Waals surface area contributed by atoms with Crippen molar-refractivity contribution in [3.05, 3.63) is 59.3 Å². The van der Waals surface area contributed by atoms with E-state index >= 15 is 0 Å². The number of amides is 2. The maximum absolute atomic E-state index is 12.3. The van der Waals surface area contributed by atoms with Crippen LogP contribution < -0.4 is 10.6 Å². The van der Waals surface area contributed by atoms with E-state index in [-0.39, 0.29) is 18.1 Å². The van der Waals surface area contributed by atoms with Crippen molar-refractivity contribution in [1.82, 2.24) is 15.5 Å². The number of aryl methyl sites for hydroxylation is 2. The average Bonchev–Trinajstić information content (AvgIpc) is 3.13. The summed E-state index contributed by atoms with van der Waals surface area (Å²) in [5.41, 5.74) is 3.38. The molecule has 0 radical (unpaired) electrons. The fourth-order valence-corrected chi connectivity index (χ4v) is 2.90. The highest BCUT2D eigenvalue weighted by molar-refractivity contribution is 6.03. The van der Waals surface area contributed by atoms with Gasteiger partial charge in [-0.15, -0.1) is 0 Å². The quantitative estimate of drug-likeness (QED) is 0.556. The zero-order chi connectivity index (χ0) is 21.0. The van der Waals surface area contributed by atoms with Gasteiger partial charge in [0.2, 0.25) is 5.91 Å². The first-order valence-electron chi connectivity index (χ1n) is 9.14. The lowest BCUT2D eigenvalue weighted by Gasteiger charge is -2.14. The van der Waals surface area contributed by atoms with Crippen LogP contribution in [0, 0.1) is 13.8 Å². The Bertz CT molecular complexity index is 1050. The minimum atomic E-state index is -1.08. The molecule has 0 saturated carbocycles. The number of rotatable bonds is 6. The number of hydrogen-bond donors (Lipinski definition) is 3. The highest BCUT2D eigenvalue weighted by Crippen LogP contribution is 2.19. The van der Waals surface area contributed by atoms with Crippen LogP contribution in [0.2, 0.25) is 0 Å². The number of esters is 1. The SMILES string of the molecule is Cc1cccc(C)c1NC(=O)CNC(=O)[C@@H](C)OC(=O)c1n[nH]c2ccccc12. The van der Waals surface area contributed by atoms with Gasteiger partial charge in [-0.3, -0.25) is 14.7 Å². The summed E-state index contributed by atoms with van der Waals surface area (Å²) < 4.78 is 5.19. The van der Waals surface area contributed by atoms with Gasteiger partial charge in [0.05, 0.1) is 12.1 Å². The fraction of sp³-hybridized carbons (Fsp3) is 0.238. The molecule has 0 aliphatic carbocycles. The molecule has 2 aromatic carbocycles. The monoisotopic (exact) mass is 394 g/mol. The second kappa shape index (κ2) is 8.55. The molecule has 3 aromatic rings. The van der Waals surface area contributed by atoms with Gasteiger partial charge in [0.15, 0.2) is 11.8 Å². The number of nitrogens with one attached hydrogen (secondary N) is 3. The number of benzene rings is 2. The van der Waals surface area contributed by atoms with Gasteiger partial charge in [0.25, 0.3) is 5.91 Å². The molecular weight excluding hydrogens is 372 g/mol. The lowest BCUT2D eigenvalue weighted by molar-refractivity contribution is -0.130. The second-order valence-corrected chi connectivity index (χ2v) is 6.70. The number of ether oxygens (including phenoxy) is 1. The molecule has 150 valence electrons. The van der Waals surface area contributed by atoms with Crippen molar-refractivity contribution in [2.24, 2.45) is 0 Å². The summed E-state index contributed by atoms with van der Waals surface area (Å²) in [6.45, 7) is 4.98. The van der Waals surface area contributed by atoms with Crippen molar-refractivity contribution < 1.29 is 19.1 Å². The van der Waals surface area contributed by atoms with Gasteiger partial charge in [-0.1, -0.05) is 36.4 Å². The molecule has 8 heteroatoms. The summed E-state index contributed by atoms with van der Waals surface area (Å²) in [7, 11) is 0. The number of aromatic amines is 1. The highest BCUT2D eigenvalue weighted by atomic mass is 16.5. The van der Waals surface area contributed by atoms with Crippen LogP contribution in [0.4, 0.5) is 5.69 Å². The molecule has 0 saturated heterocycles. The van der Waals surface area contributed by atoms with Gasteiger partial charge in [0.1, 0.15) is 0 Å². The number of anilines is 1. The van der Waals surface area contributed by atoms with Gasteiger partial charge in [0, 0.05) is 11.1 Å². The van der Waals surface area contributed by atoms with Crippen LogP contribution in [0.15, 0.2) is 42.5 Å². The Morgan fingerprint density at radius 3 is 2.48 bits per heavy atom. The number of para-hydroxylation sites is 2. The second-order valence-electron chi connectivity index (χ2n) is 6.70. The van der Waals surface area contributed by atoms with Crippen LogP contribution in [0.25, 0.3) is 10.9 Å². The lowest BCUT2D eigenvalue weighted by atomic mass is 10.1. The van der Waals surface area contributed by atoms with E-state index in [4.69, 9.17) is 4.74 Å². The van der Waals surface area contributed by atoms with E-state index < -0.39 is 18.0 Å². The Morgan fingerprint density at radius 2 is 1.76 bits per heavy atom. The minimum Gasteiger partial charge on any atom is -0.448 e. The first-order chi connectivity index (χ1) is 13.9. The first kappa shape index (κ1) is 20.1. The molecule has 1 atom stereocenters. The zero-order valence-corrected chi connectivity index (χ0v) is 16.4. The zero-order valence-electron chi connectivity index (χ0n) is 16.4. The number of carbonyl (C=O) groups is 3. The summed E-state index contributed by atoms with van der Waals surface area (Å²) in [5.74, 6) is -1.66. The van der Waals surface area contributed by atoms with Crippen molar-refractivity contribution in [1.29, 1.82) is 0 Å². The molecule has 0 unspecified atom stereocenters. The molecule has 1 aromatic heterocycles. The topological polar surface area (TPSA) is 113 Å². The summed E-state index contributed by atoms with van der Waals surface area (Å²) in [6, 6.07) is 12.8. The predicted molar refractivity (Wildman–Crippen MR) is 109 cm³/mol. The maximum atomic E-state index is 12.3. The van der Waals surface area contributed by atoms with Crippen LogP contribution >= 0.6 is 0 Å². The van der Waals surface area contributed by atoms with E-state index in [0.29, 0.717) is 10.9 Å². The van der Waals surface area contributed by atoms with Crippen molar-refractivity contribution in [3.63, 3.8) is 0 Å². The van der Waals surface area contributed by atoms with Gasteiger partial charge in [-0.25, -0.2) is 4.79 Å². The summed E-state index contributed by atoms with van der Waals surface area (Å²) in [5, 5.41) is 12.6. The van der Waals surface area contributed by atoms with Crippen LogP contribution in [0.1, 0.15) is 28.5 Å². The summed E-state index contributed by atoms with van der Waals surface area (Å²) in [6.07, 6.45) is -1.08. The molecule has 0 spiro atoms. The van der Waals surface area contributed by atoms with E-state index in [1.54, 1.807) is 18.2 Å². The smallest absolute Gasteiger partial charge is 0.360 e. The first-order valence-corrected chi connectivity index (χ1v) is 9.14. The van der Waals surface area contributed by atoms with E-state index in [1.807, 2.05) is 38.1 Å². The molecule has 0 aliphatic heterocycles. The van der Waals surface area contributed by atoms with Crippen molar-refractivity contribution >= 4 is 34.4 Å². The van der Waals surface area contributed by atoms with Gasteiger partial charge in [-0.05, 0) is 38.0 Å². The van der Waals surface area contributed by atoms with Crippen LogP contribution in [0.3, 0.4) is 0 Å². The molecule has 1 heterocycles. The number of hydrogen-bond acceptors (Lipinski definition) is 5. The molecule has 3 N–H and O–H groups in total. The molecule has 8 nitrogen and oxygen atoms in total. The molecule has 29 heavy (non-hydrogen) atoms. The molecule has 3 rings (SSSR count). The maximum Gasteiger partial charge on any atom is 0.360 e. The Kier molecular flexibility index (Phi) is 5.92. The third kappa shape index (κ3) is 4.60. The van der Waals surface area contributed by atoms with Crippen LogP contribution in [-0.2, 0) is 14.3 Å². The number of aromatic nitrogens is 2. The highest BCUT2D eigenvalue weighted by Gasteiger charge is 2.22. The third-order valence-corrected chi connectivity index (χ3v) is 4.49. The van der Waals surface area contributed by atoms with Gasteiger partial charge >= 0.3 is 5.97 Å². The number of nitrogens with zero attached hydrogens (tertiary/aromatic N) is 1. The van der Waals surface area contributed by atoms with Gasteiger partial charge in [-0.2, -0.15) is 5.10 Å². The van der Waals surface area contributed by atoms with Crippen molar-refractivity contribution in [3.8, 4) is 0 Å². The molecule has 0 bridgehead atoms. The van der Waals surface area contributed by atoms with Gasteiger partial charge < -0.3 is 15.4 Å². The summed E-state index contributed by atoms with van der Waals surface area (Å²) >= 11 is 0. The predicted octanol–water partition coefficient (Wildman–Crippen LogP) is 2.48. The normalized spacial score (nSPS) is 11.7. The average molecular weight is 394 g/mol. The van der Waals surface area contributed by atoms with E-state index in [0.717, 1.165) is 16.8 Å². The molecule has 0 aliphatic rings. The number of carbonyl (C=O) groups excluding carboxylic acids is 3. The number of H-pyrrole nitrogens is 1. The van der Waals surface area contributed by atoms with Crippen LogP contribution in [0.5, 0.6) is 0 Å². The Morgan fingerprint density at radius 1 is 1.07 bits per heavy atom. The standard InChI is InChI=1S/C21H22N4O4/c1-12-7-6-8-13(2)18(12)23-17(26)11-22-20(27)14(3)29-21(28)19-15-9-4-5-10-16(15)24-25-19/h4-10,14H,11H2,1-3H3,(H,22,27)(H,23,26)(H,24,25)/t14-/m1/s1. The Hall–Kier alpha value is -3.68. The third-order valence-electron chi connectivity index (χ3n) is 4.49. The van der Waals surface area contributed by atoms with Crippen molar-refractivity contribution in [2.75, 3.05) is 11.9 Å². The fourth-order valence-electron chi connectivity index (χ4n) is 2.90. The largest absolute Gasteiger partial charge is 0.448 e.